The molecular formula is C11H11N3O2S. The fourth-order valence-corrected chi connectivity index (χ4v) is 2.13. The highest BCUT2D eigenvalue weighted by atomic mass is 32.1. The van der Waals surface area contributed by atoms with Crippen LogP contribution in [-0.4, -0.2) is 21.7 Å². The molecule has 0 spiro atoms. The minimum absolute atomic E-state index is 0.0471. The summed E-state index contributed by atoms with van der Waals surface area (Å²) in [5.41, 5.74) is 1.42. The van der Waals surface area contributed by atoms with Gasteiger partial charge in [-0.15, -0.1) is 11.3 Å². The van der Waals surface area contributed by atoms with Crippen LogP contribution in [-0.2, 0) is 0 Å². The lowest BCUT2D eigenvalue weighted by Gasteiger charge is -1.97. The summed E-state index contributed by atoms with van der Waals surface area (Å²) in [4.78, 5) is 30.3. The third kappa shape index (κ3) is 2.59. The van der Waals surface area contributed by atoms with Gasteiger partial charge in [0.15, 0.2) is 5.78 Å². The zero-order valence-corrected chi connectivity index (χ0v) is 10.2. The molecular weight excluding hydrogens is 238 g/mol. The van der Waals surface area contributed by atoms with Crippen LogP contribution in [0, 0.1) is 6.92 Å². The first-order valence-corrected chi connectivity index (χ1v) is 5.86. The number of carbonyl (C=O) groups excluding carboxylic acids is 2. The number of ketones is 1. The number of hydrogen-bond acceptors (Lipinski definition) is 4. The molecule has 5 nitrogen and oxygen atoms in total. The summed E-state index contributed by atoms with van der Waals surface area (Å²) in [6.45, 7) is 3.32. The molecule has 1 amide bonds. The Labute approximate surface area is 102 Å². The van der Waals surface area contributed by atoms with E-state index in [2.05, 4.69) is 15.3 Å². The average molecular weight is 249 g/mol. The highest BCUT2D eigenvalue weighted by molar-refractivity contribution is 7.12. The fourth-order valence-electron chi connectivity index (χ4n) is 1.29. The Balaban J connectivity index is 2.11. The van der Waals surface area contributed by atoms with Crippen molar-refractivity contribution >= 4 is 29.0 Å². The summed E-state index contributed by atoms with van der Waals surface area (Å²) < 4.78 is 0. The van der Waals surface area contributed by atoms with Gasteiger partial charge in [0, 0.05) is 22.8 Å². The van der Waals surface area contributed by atoms with E-state index in [1.54, 1.807) is 17.6 Å². The first kappa shape index (κ1) is 11.5. The number of Topliss-reactive ketones (excluding diaryl/α,β-unsaturated/α-hetero) is 1. The van der Waals surface area contributed by atoms with Gasteiger partial charge in [-0.3, -0.25) is 14.9 Å². The fraction of sp³-hybridized carbons (Fsp3) is 0.182. The lowest BCUT2D eigenvalue weighted by Crippen LogP contribution is -2.11. The number of rotatable bonds is 3. The van der Waals surface area contributed by atoms with E-state index >= 15 is 0 Å². The third-order valence-electron chi connectivity index (χ3n) is 2.16. The number of imidazole rings is 1. The Hall–Kier alpha value is -1.95. The van der Waals surface area contributed by atoms with Gasteiger partial charge in [0.25, 0.3) is 5.91 Å². The molecule has 2 rings (SSSR count). The quantitative estimate of drug-likeness (QED) is 0.819. The molecule has 0 atom stereocenters. The smallest absolute Gasteiger partial charge is 0.268 e. The van der Waals surface area contributed by atoms with Crippen LogP contribution >= 0.6 is 11.3 Å². The van der Waals surface area contributed by atoms with Crippen LogP contribution in [0.4, 0.5) is 5.95 Å². The molecule has 2 aromatic rings. The van der Waals surface area contributed by atoms with Crippen LogP contribution in [0.5, 0.6) is 0 Å². The maximum absolute atomic E-state index is 11.8. The number of nitrogens with zero attached hydrogens (tertiary/aromatic N) is 1. The van der Waals surface area contributed by atoms with E-state index < -0.39 is 0 Å². The molecule has 0 aliphatic carbocycles. The molecule has 6 heteroatoms. The van der Waals surface area contributed by atoms with Crippen molar-refractivity contribution in [3.63, 3.8) is 0 Å². The highest BCUT2D eigenvalue weighted by Crippen LogP contribution is 2.16. The average Bonchev–Trinajstić information content (AvgIpc) is 2.86. The lowest BCUT2D eigenvalue weighted by molar-refractivity contribution is 0.101. The van der Waals surface area contributed by atoms with Crippen molar-refractivity contribution < 1.29 is 9.59 Å². The second-order valence-electron chi connectivity index (χ2n) is 3.62. The number of anilines is 1. The number of amides is 1. The molecule has 0 aromatic carbocycles. The van der Waals surface area contributed by atoms with Crippen molar-refractivity contribution in [2.75, 3.05) is 5.32 Å². The first-order chi connectivity index (χ1) is 8.06. The minimum Gasteiger partial charge on any atom is -0.328 e. The van der Waals surface area contributed by atoms with Crippen molar-refractivity contribution in [1.29, 1.82) is 0 Å². The van der Waals surface area contributed by atoms with E-state index in [1.807, 2.05) is 6.92 Å². The number of carbonyl (C=O) groups is 2. The van der Waals surface area contributed by atoms with Gasteiger partial charge in [-0.1, -0.05) is 0 Å². The van der Waals surface area contributed by atoms with Crippen molar-refractivity contribution in [2.45, 2.75) is 13.8 Å². The van der Waals surface area contributed by atoms with Crippen molar-refractivity contribution in [3.8, 4) is 0 Å². The minimum atomic E-state index is -0.267. The van der Waals surface area contributed by atoms with Gasteiger partial charge in [-0.25, -0.2) is 4.98 Å². The standard InChI is InChI=1S/C11H11N3O2S/c1-6-4-12-11(13-6)14-10(16)9-3-8(5-17-9)7(2)15/h3-5H,1-2H3,(H2,12,13,14,16). The van der Waals surface area contributed by atoms with Crippen LogP contribution < -0.4 is 5.32 Å². The summed E-state index contributed by atoms with van der Waals surface area (Å²) >= 11 is 1.24. The van der Waals surface area contributed by atoms with E-state index in [-0.39, 0.29) is 11.7 Å². The van der Waals surface area contributed by atoms with E-state index in [0.717, 1.165) is 5.69 Å². The van der Waals surface area contributed by atoms with Gasteiger partial charge in [0.1, 0.15) is 0 Å². The van der Waals surface area contributed by atoms with Gasteiger partial charge in [-0.05, 0) is 19.9 Å². The molecule has 0 saturated carbocycles. The van der Waals surface area contributed by atoms with Gasteiger partial charge < -0.3 is 4.98 Å². The Kier molecular flexibility index (Phi) is 3.06. The molecule has 2 aromatic heterocycles. The predicted octanol–water partition coefficient (Wildman–Crippen LogP) is 2.23. The van der Waals surface area contributed by atoms with Crippen LogP contribution in [0.25, 0.3) is 0 Å². The number of nitrogens with one attached hydrogen (secondary N) is 2. The Morgan fingerprint density at radius 3 is 2.76 bits per heavy atom. The summed E-state index contributed by atoms with van der Waals surface area (Å²) in [5, 5.41) is 4.30. The molecule has 2 N–H and O–H groups in total. The largest absolute Gasteiger partial charge is 0.328 e. The first-order valence-electron chi connectivity index (χ1n) is 4.98. The molecule has 17 heavy (non-hydrogen) atoms. The molecule has 0 aliphatic rings. The lowest BCUT2D eigenvalue weighted by atomic mass is 10.2. The van der Waals surface area contributed by atoms with Crippen molar-refractivity contribution in [1.82, 2.24) is 9.97 Å². The predicted molar refractivity (Wildman–Crippen MR) is 65.6 cm³/mol. The SMILES string of the molecule is CC(=O)c1csc(C(=O)Nc2ncc(C)[nH]2)c1. The molecule has 0 bridgehead atoms. The molecule has 0 unspecified atom stereocenters. The number of aryl methyl sites for hydroxylation is 1. The van der Waals surface area contributed by atoms with E-state index in [9.17, 15) is 9.59 Å². The maximum atomic E-state index is 11.8. The molecule has 0 aliphatic heterocycles. The third-order valence-corrected chi connectivity index (χ3v) is 3.09. The molecule has 0 saturated heterocycles. The summed E-state index contributed by atoms with van der Waals surface area (Å²) in [5.74, 6) is 0.0938. The van der Waals surface area contributed by atoms with E-state index in [1.165, 1.54) is 18.3 Å². The Morgan fingerprint density at radius 2 is 2.24 bits per heavy atom. The number of hydrogen-bond donors (Lipinski definition) is 2. The van der Waals surface area contributed by atoms with Gasteiger partial charge in [0.05, 0.1) is 4.88 Å². The summed E-state index contributed by atoms with van der Waals surface area (Å²) in [7, 11) is 0. The van der Waals surface area contributed by atoms with E-state index in [0.29, 0.717) is 16.4 Å². The summed E-state index contributed by atoms with van der Waals surface area (Å²) in [6, 6.07) is 1.58. The normalized spacial score (nSPS) is 10.2. The topological polar surface area (TPSA) is 74.8 Å². The second kappa shape index (κ2) is 4.50. The number of thiophene rings is 1. The second-order valence-corrected chi connectivity index (χ2v) is 4.54. The molecule has 88 valence electrons. The van der Waals surface area contributed by atoms with E-state index in [4.69, 9.17) is 0 Å². The Morgan fingerprint density at radius 1 is 1.47 bits per heavy atom. The molecule has 2 heterocycles. The maximum Gasteiger partial charge on any atom is 0.268 e. The van der Waals surface area contributed by atoms with Crippen LogP contribution in [0.15, 0.2) is 17.6 Å². The van der Waals surface area contributed by atoms with Gasteiger partial charge in [0.2, 0.25) is 5.95 Å². The van der Waals surface area contributed by atoms with Crippen molar-refractivity contribution in [3.05, 3.63) is 33.8 Å². The number of aromatic nitrogens is 2. The van der Waals surface area contributed by atoms with Crippen LogP contribution in [0.3, 0.4) is 0 Å². The van der Waals surface area contributed by atoms with Crippen LogP contribution in [0.1, 0.15) is 32.6 Å². The molecule has 0 radical (unpaired) electrons. The van der Waals surface area contributed by atoms with Crippen molar-refractivity contribution in [2.24, 2.45) is 0 Å². The Bertz CT molecular complexity index is 571. The highest BCUT2D eigenvalue weighted by Gasteiger charge is 2.12. The number of H-pyrrole nitrogens is 1. The van der Waals surface area contributed by atoms with Crippen LogP contribution in [0.2, 0.25) is 0 Å². The van der Waals surface area contributed by atoms with Gasteiger partial charge >= 0.3 is 0 Å². The van der Waals surface area contributed by atoms with Gasteiger partial charge in [-0.2, -0.15) is 0 Å². The zero-order chi connectivity index (χ0) is 12.4. The zero-order valence-electron chi connectivity index (χ0n) is 9.40. The number of aromatic amines is 1. The molecule has 0 fully saturated rings. The monoisotopic (exact) mass is 249 g/mol. The summed E-state index contributed by atoms with van der Waals surface area (Å²) in [6.07, 6.45) is 1.63.